The fourth-order valence-electron chi connectivity index (χ4n) is 3.96. The quantitative estimate of drug-likeness (QED) is 0.285. The summed E-state index contributed by atoms with van der Waals surface area (Å²) in [6.07, 6.45) is 0.716. The van der Waals surface area contributed by atoms with Gasteiger partial charge >= 0.3 is 0 Å². The van der Waals surface area contributed by atoms with Crippen molar-refractivity contribution in [2.75, 3.05) is 10.8 Å². The van der Waals surface area contributed by atoms with Gasteiger partial charge in [-0.2, -0.15) is 0 Å². The summed E-state index contributed by atoms with van der Waals surface area (Å²) >= 11 is 12.8. The molecule has 0 radical (unpaired) electrons. The van der Waals surface area contributed by atoms with E-state index in [0.29, 0.717) is 22.0 Å². The van der Waals surface area contributed by atoms with E-state index in [1.54, 1.807) is 62.4 Å². The van der Waals surface area contributed by atoms with Crippen LogP contribution < -0.4 is 9.62 Å². The normalized spacial score (nSPS) is 12.9. The Balaban J connectivity index is 2.06. The van der Waals surface area contributed by atoms with Gasteiger partial charge in [0.15, 0.2) is 0 Å². The minimum Gasteiger partial charge on any atom is -0.352 e. The molecule has 214 valence electrons. The number of hydrogen-bond acceptors (Lipinski definition) is 4. The molecule has 0 spiro atoms. The smallest absolute Gasteiger partial charge is 0.264 e. The second-order valence-electron chi connectivity index (χ2n) is 9.87. The number of amides is 2. The molecule has 0 fully saturated rings. The molecule has 0 aliphatic rings. The number of carbonyl (C=O) groups is 2. The Morgan fingerprint density at radius 2 is 1.57 bits per heavy atom. The molecule has 0 saturated carbocycles. The lowest BCUT2D eigenvalue weighted by Crippen LogP contribution is -2.52. The second-order valence-corrected chi connectivity index (χ2v) is 12.5. The van der Waals surface area contributed by atoms with Gasteiger partial charge in [0.2, 0.25) is 11.8 Å². The van der Waals surface area contributed by atoms with Gasteiger partial charge in [-0.25, -0.2) is 8.42 Å². The molecule has 0 unspecified atom stereocenters. The molecule has 2 atom stereocenters. The Hall–Kier alpha value is -3.07. The van der Waals surface area contributed by atoms with Crippen LogP contribution in [0, 0.1) is 13.8 Å². The Bertz CT molecular complexity index is 1460. The maximum atomic E-state index is 14.0. The molecule has 3 aromatic rings. The van der Waals surface area contributed by atoms with E-state index in [9.17, 15) is 18.0 Å². The Labute approximate surface area is 247 Å². The van der Waals surface area contributed by atoms with Gasteiger partial charge in [-0.05, 0) is 75.6 Å². The lowest BCUT2D eigenvalue weighted by molar-refractivity contribution is -0.139. The van der Waals surface area contributed by atoms with Gasteiger partial charge in [-0.3, -0.25) is 13.9 Å². The van der Waals surface area contributed by atoms with Crippen LogP contribution in [0.3, 0.4) is 0 Å². The Kier molecular flexibility index (Phi) is 10.6. The molecular formula is C30H35Cl2N3O4S. The van der Waals surface area contributed by atoms with Crippen molar-refractivity contribution in [1.29, 1.82) is 0 Å². The summed E-state index contributed by atoms with van der Waals surface area (Å²) in [4.78, 5) is 28.5. The Morgan fingerprint density at radius 3 is 2.17 bits per heavy atom. The second kappa shape index (κ2) is 13.5. The molecule has 7 nitrogen and oxygen atoms in total. The number of nitrogens with one attached hydrogen (secondary N) is 1. The monoisotopic (exact) mass is 603 g/mol. The number of benzene rings is 3. The van der Waals surface area contributed by atoms with Crippen LogP contribution in [-0.2, 0) is 26.2 Å². The summed E-state index contributed by atoms with van der Waals surface area (Å²) in [7, 11) is -4.18. The van der Waals surface area contributed by atoms with E-state index in [0.717, 1.165) is 15.4 Å². The van der Waals surface area contributed by atoms with Crippen LogP contribution >= 0.6 is 23.2 Å². The van der Waals surface area contributed by atoms with Crippen molar-refractivity contribution in [3.05, 3.63) is 93.5 Å². The molecule has 10 heteroatoms. The van der Waals surface area contributed by atoms with Crippen LogP contribution in [0.2, 0.25) is 10.0 Å². The van der Waals surface area contributed by atoms with Crippen LogP contribution in [0.1, 0.15) is 43.9 Å². The SMILES string of the molecule is CC[C@@H](C)NC(=O)[C@H](C)N(Cc1ccccc1Cl)C(=O)CN(c1ccc(C)c(Cl)c1)S(=O)(=O)c1ccc(C)cc1. The molecule has 3 rings (SSSR count). The topological polar surface area (TPSA) is 86.8 Å². The van der Waals surface area contributed by atoms with Gasteiger partial charge in [-0.15, -0.1) is 0 Å². The summed E-state index contributed by atoms with van der Waals surface area (Å²) in [5, 5.41) is 3.71. The first-order valence-corrected chi connectivity index (χ1v) is 15.2. The largest absolute Gasteiger partial charge is 0.352 e. The lowest BCUT2D eigenvalue weighted by atomic mass is 10.1. The predicted molar refractivity (Wildman–Crippen MR) is 161 cm³/mol. The van der Waals surface area contributed by atoms with Crippen molar-refractivity contribution in [1.82, 2.24) is 10.2 Å². The molecular weight excluding hydrogens is 569 g/mol. The maximum Gasteiger partial charge on any atom is 0.264 e. The molecule has 2 amide bonds. The van der Waals surface area contributed by atoms with Crippen molar-refractivity contribution in [3.63, 3.8) is 0 Å². The van der Waals surface area contributed by atoms with Crippen molar-refractivity contribution in [2.24, 2.45) is 0 Å². The number of anilines is 1. The van der Waals surface area contributed by atoms with Gasteiger partial charge < -0.3 is 10.2 Å². The van der Waals surface area contributed by atoms with Crippen molar-refractivity contribution in [2.45, 2.75) is 64.6 Å². The number of hydrogen-bond donors (Lipinski definition) is 1. The highest BCUT2D eigenvalue weighted by Gasteiger charge is 2.33. The molecule has 0 aliphatic heterocycles. The van der Waals surface area contributed by atoms with Crippen molar-refractivity contribution in [3.8, 4) is 0 Å². The van der Waals surface area contributed by atoms with Crippen LogP contribution in [0.15, 0.2) is 71.6 Å². The number of halogens is 2. The summed E-state index contributed by atoms with van der Waals surface area (Å²) in [5.74, 6) is -0.916. The van der Waals surface area contributed by atoms with E-state index in [-0.39, 0.29) is 29.1 Å². The van der Waals surface area contributed by atoms with Gasteiger partial charge in [-0.1, -0.05) is 72.1 Å². The van der Waals surface area contributed by atoms with Gasteiger partial charge in [0.25, 0.3) is 10.0 Å². The molecule has 0 aromatic heterocycles. The van der Waals surface area contributed by atoms with E-state index in [2.05, 4.69) is 5.32 Å². The highest BCUT2D eigenvalue weighted by atomic mass is 35.5. The summed E-state index contributed by atoms with van der Waals surface area (Å²) in [6.45, 7) is 8.56. The third-order valence-corrected chi connectivity index (χ3v) is 9.36. The Morgan fingerprint density at radius 1 is 0.925 bits per heavy atom. The zero-order valence-electron chi connectivity index (χ0n) is 23.3. The minimum absolute atomic E-state index is 0.0146. The van der Waals surface area contributed by atoms with E-state index in [1.165, 1.54) is 23.1 Å². The fourth-order valence-corrected chi connectivity index (χ4v) is 5.74. The average molecular weight is 605 g/mol. The molecule has 3 aromatic carbocycles. The van der Waals surface area contributed by atoms with Gasteiger partial charge in [0, 0.05) is 22.6 Å². The van der Waals surface area contributed by atoms with E-state index >= 15 is 0 Å². The molecule has 0 bridgehead atoms. The highest BCUT2D eigenvalue weighted by Crippen LogP contribution is 2.29. The standard InChI is InChI=1S/C30H35Cl2N3O4S/c1-6-22(4)33-30(37)23(5)34(18-24-9-7-8-10-27(24)31)29(36)19-35(25-14-13-21(3)28(32)17-25)40(38,39)26-15-11-20(2)12-16-26/h7-17,22-23H,6,18-19H2,1-5H3,(H,33,37)/t22-,23+/m1/s1. The third kappa shape index (κ3) is 7.56. The summed E-state index contributed by atoms with van der Waals surface area (Å²) < 4.78 is 28.9. The number of nitrogens with zero attached hydrogens (tertiary/aromatic N) is 2. The maximum absolute atomic E-state index is 14.0. The molecule has 0 aliphatic carbocycles. The summed E-state index contributed by atoms with van der Waals surface area (Å²) in [5.41, 5.74) is 2.53. The van der Waals surface area contributed by atoms with E-state index in [1.807, 2.05) is 20.8 Å². The van der Waals surface area contributed by atoms with Crippen LogP contribution in [0.5, 0.6) is 0 Å². The van der Waals surface area contributed by atoms with Crippen molar-refractivity contribution >= 4 is 50.7 Å². The van der Waals surface area contributed by atoms with Crippen molar-refractivity contribution < 1.29 is 18.0 Å². The first kappa shape index (κ1) is 31.5. The van der Waals surface area contributed by atoms with Gasteiger partial charge in [0.05, 0.1) is 10.6 Å². The number of aryl methyl sites for hydroxylation is 2. The summed E-state index contributed by atoms with van der Waals surface area (Å²) in [6, 6.07) is 17.3. The highest BCUT2D eigenvalue weighted by molar-refractivity contribution is 7.92. The van der Waals surface area contributed by atoms with Gasteiger partial charge in [0.1, 0.15) is 12.6 Å². The van der Waals surface area contributed by atoms with E-state index in [4.69, 9.17) is 23.2 Å². The van der Waals surface area contributed by atoms with Crippen LogP contribution in [0.25, 0.3) is 0 Å². The number of rotatable bonds is 11. The zero-order chi connectivity index (χ0) is 29.6. The lowest BCUT2D eigenvalue weighted by Gasteiger charge is -2.32. The van der Waals surface area contributed by atoms with E-state index < -0.39 is 28.5 Å². The molecule has 0 heterocycles. The minimum atomic E-state index is -4.18. The van der Waals surface area contributed by atoms with Crippen LogP contribution in [0.4, 0.5) is 5.69 Å². The first-order valence-electron chi connectivity index (χ1n) is 13.0. The number of carbonyl (C=O) groups excluding carboxylic acids is 2. The molecule has 40 heavy (non-hydrogen) atoms. The predicted octanol–water partition coefficient (Wildman–Crippen LogP) is 6.14. The molecule has 1 N–H and O–H groups in total. The van der Waals surface area contributed by atoms with Crippen LogP contribution in [-0.4, -0.2) is 43.8 Å². The first-order chi connectivity index (χ1) is 18.8. The zero-order valence-corrected chi connectivity index (χ0v) is 25.6. The fraction of sp³-hybridized carbons (Fsp3) is 0.333. The third-order valence-electron chi connectivity index (χ3n) is 6.80. The molecule has 0 saturated heterocycles. The number of sulfonamides is 1. The average Bonchev–Trinajstić information content (AvgIpc) is 2.92.